The number of rotatable bonds is 10. The SMILES string of the molecule is O=C(O)C(CC1CCC(OCCN2CCOC3CCCCC32)CC1)OCc1ccccc1. The molecule has 3 unspecified atom stereocenters. The van der Waals surface area contributed by atoms with Gasteiger partial charge in [0.15, 0.2) is 6.10 Å². The molecule has 6 nitrogen and oxygen atoms in total. The largest absolute Gasteiger partial charge is 0.479 e. The second-order valence-electron chi connectivity index (χ2n) is 9.67. The Bertz CT molecular complexity index is 689. The van der Waals surface area contributed by atoms with E-state index >= 15 is 0 Å². The van der Waals surface area contributed by atoms with Crippen molar-refractivity contribution >= 4 is 5.97 Å². The van der Waals surface area contributed by atoms with Crippen LogP contribution in [0.3, 0.4) is 0 Å². The van der Waals surface area contributed by atoms with E-state index in [1.54, 1.807) is 0 Å². The van der Waals surface area contributed by atoms with Crippen molar-refractivity contribution in [2.24, 2.45) is 5.92 Å². The summed E-state index contributed by atoms with van der Waals surface area (Å²) in [6.45, 7) is 4.01. The number of carboxylic acid groups (broad SMARTS) is 1. The Morgan fingerprint density at radius 1 is 1.09 bits per heavy atom. The van der Waals surface area contributed by atoms with Crippen molar-refractivity contribution in [3.05, 3.63) is 35.9 Å². The van der Waals surface area contributed by atoms with Crippen molar-refractivity contribution in [3.8, 4) is 0 Å². The first-order valence-corrected chi connectivity index (χ1v) is 12.5. The summed E-state index contributed by atoms with van der Waals surface area (Å²) < 4.78 is 18.0. The van der Waals surface area contributed by atoms with Crippen LogP contribution in [0.2, 0.25) is 0 Å². The molecule has 2 saturated carbocycles. The summed E-state index contributed by atoms with van der Waals surface area (Å²) in [5.41, 5.74) is 1.01. The highest BCUT2D eigenvalue weighted by Crippen LogP contribution is 2.31. The van der Waals surface area contributed by atoms with Gasteiger partial charge in [0.2, 0.25) is 0 Å². The molecule has 1 saturated heterocycles. The van der Waals surface area contributed by atoms with Gasteiger partial charge in [-0.2, -0.15) is 0 Å². The summed E-state index contributed by atoms with van der Waals surface area (Å²) in [5.74, 6) is -0.459. The molecule has 1 aliphatic heterocycles. The van der Waals surface area contributed by atoms with Gasteiger partial charge >= 0.3 is 5.97 Å². The van der Waals surface area contributed by atoms with Gasteiger partial charge in [0, 0.05) is 19.1 Å². The highest BCUT2D eigenvalue weighted by molar-refractivity contribution is 5.72. The van der Waals surface area contributed by atoms with E-state index in [0.29, 0.717) is 37.2 Å². The van der Waals surface area contributed by atoms with Gasteiger partial charge in [-0.25, -0.2) is 4.79 Å². The molecule has 0 amide bonds. The third kappa shape index (κ3) is 6.77. The lowest BCUT2D eigenvalue weighted by molar-refractivity contribution is -0.152. The number of aliphatic carboxylic acids is 1. The van der Waals surface area contributed by atoms with Crippen LogP contribution in [0, 0.1) is 5.92 Å². The molecule has 3 fully saturated rings. The van der Waals surface area contributed by atoms with Crippen molar-refractivity contribution in [3.63, 3.8) is 0 Å². The van der Waals surface area contributed by atoms with Crippen molar-refractivity contribution in [1.82, 2.24) is 4.90 Å². The molecule has 0 radical (unpaired) electrons. The van der Waals surface area contributed by atoms with Gasteiger partial charge in [0.25, 0.3) is 0 Å². The predicted molar refractivity (Wildman–Crippen MR) is 123 cm³/mol. The fraction of sp³-hybridized carbons (Fsp3) is 0.731. The third-order valence-electron chi connectivity index (χ3n) is 7.49. The molecule has 4 rings (SSSR count). The average molecular weight is 446 g/mol. The summed E-state index contributed by atoms with van der Waals surface area (Å²) in [6.07, 6.45) is 9.75. The van der Waals surface area contributed by atoms with E-state index in [0.717, 1.165) is 57.6 Å². The van der Waals surface area contributed by atoms with Gasteiger partial charge in [0.05, 0.1) is 32.0 Å². The molecule has 1 heterocycles. The van der Waals surface area contributed by atoms with E-state index in [4.69, 9.17) is 14.2 Å². The molecule has 1 aromatic rings. The van der Waals surface area contributed by atoms with Crippen LogP contribution in [0.1, 0.15) is 63.4 Å². The summed E-state index contributed by atoms with van der Waals surface area (Å²) in [4.78, 5) is 14.3. The number of carboxylic acids is 1. The molecule has 1 aromatic carbocycles. The highest BCUT2D eigenvalue weighted by Gasteiger charge is 2.34. The Morgan fingerprint density at radius 3 is 2.66 bits per heavy atom. The molecule has 2 aliphatic carbocycles. The first-order chi connectivity index (χ1) is 15.7. The second kappa shape index (κ2) is 12.1. The van der Waals surface area contributed by atoms with E-state index in [1.807, 2.05) is 30.3 Å². The Kier molecular flexibility index (Phi) is 8.97. The van der Waals surface area contributed by atoms with E-state index < -0.39 is 12.1 Å². The molecule has 178 valence electrons. The summed E-state index contributed by atoms with van der Waals surface area (Å²) in [5, 5.41) is 9.59. The molecule has 32 heavy (non-hydrogen) atoms. The Morgan fingerprint density at radius 2 is 1.88 bits per heavy atom. The number of nitrogens with zero attached hydrogens (tertiary/aromatic N) is 1. The lowest BCUT2D eigenvalue weighted by Crippen LogP contribution is -2.53. The molecule has 0 aromatic heterocycles. The van der Waals surface area contributed by atoms with Crippen LogP contribution in [0.4, 0.5) is 0 Å². The highest BCUT2D eigenvalue weighted by atomic mass is 16.5. The predicted octanol–water partition coefficient (Wildman–Crippen LogP) is 4.27. The standard InChI is InChI=1S/C26H39NO5/c28-26(29)25(32-19-21-6-2-1-3-7-21)18-20-10-12-22(13-11-20)30-16-14-27-15-17-31-24-9-5-4-8-23(24)27/h1-3,6-7,20,22-25H,4-5,8-19H2,(H,28,29). The number of benzene rings is 1. The van der Waals surface area contributed by atoms with E-state index in [2.05, 4.69) is 4.90 Å². The van der Waals surface area contributed by atoms with Crippen LogP contribution < -0.4 is 0 Å². The zero-order valence-corrected chi connectivity index (χ0v) is 19.2. The monoisotopic (exact) mass is 445 g/mol. The van der Waals surface area contributed by atoms with E-state index in [-0.39, 0.29) is 0 Å². The van der Waals surface area contributed by atoms with Gasteiger partial charge in [-0.15, -0.1) is 0 Å². The minimum absolute atomic E-state index is 0.308. The molecule has 0 bridgehead atoms. The molecule has 3 atom stereocenters. The Balaban J connectivity index is 1.14. The fourth-order valence-electron chi connectivity index (χ4n) is 5.64. The minimum atomic E-state index is -0.856. The molecular formula is C26H39NO5. The molecular weight excluding hydrogens is 406 g/mol. The maximum Gasteiger partial charge on any atom is 0.332 e. The first-order valence-electron chi connectivity index (χ1n) is 12.5. The topological polar surface area (TPSA) is 68.2 Å². The number of fused-ring (bicyclic) bond motifs is 1. The van der Waals surface area contributed by atoms with Crippen LogP contribution >= 0.6 is 0 Å². The number of carbonyl (C=O) groups is 1. The van der Waals surface area contributed by atoms with Crippen LogP contribution in [0.15, 0.2) is 30.3 Å². The third-order valence-corrected chi connectivity index (χ3v) is 7.49. The van der Waals surface area contributed by atoms with E-state index in [1.165, 1.54) is 25.7 Å². The molecule has 1 N–H and O–H groups in total. The maximum atomic E-state index is 11.7. The Hall–Kier alpha value is -1.47. The van der Waals surface area contributed by atoms with Crippen molar-refractivity contribution < 1.29 is 24.1 Å². The lowest BCUT2D eigenvalue weighted by atomic mass is 9.84. The summed E-state index contributed by atoms with van der Waals surface area (Å²) in [6, 6.07) is 10.4. The molecule has 6 heteroatoms. The quantitative estimate of drug-likeness (QED) is 0.580. The van der Waals surface area contributed by atoms with Gasteiger partial charge in [-0.3, -0.25) is 4.90 Å². The van der Waals surface area contributed by atoms with Crippen LogP contribution in [-0.2, 0) is 25.6 Å². The normalized spacial score (nSPS) is 29.9. The number of ether oxygens (including phenoxy) is 3. The maximum absolute atomic E-state index is 11.7. The first kappa shape index (κ1) is 23.7. The summed E-state index contributed by atoms with van der Waals surface area (Å²) >= 11 is 0. The van der Waals surface area contributed by atoms with Crippen LogP contribution in [0.25, 0.3) is 0 Å². The zero-order valence-electron chi connectivity index (χ0n) is 19.2. The van der Waals surface area contributed by atoms with Crippen molar-refractivity contribution in [2.75, 3.05) is 26.3 Å². The van der Waals surface area contributed by atoms with Gasteiger partial charge in [0.1, 0.15) is 0 Å². The Labute approximate surface area is 192 Å². The number of hydrogen-bond acceptors (Lipinski definition) is 5. The van der Waals surface area contributed by atoms with Crippen LogP contribution in [0.5, 0.6) is 0 Å². The van der Waals surface area contributed by atoms with E-state index in [9.17, 15) is 9.90 Å². The fourth-order valence-corrected chi connectivity index (χ4v) is 5.64. The molecule has 3 aliphatic rings. The molecule has 0 spiro atoms. The summed E-state index contributed by atoms with van der Waals surface area (Å²) in [7, 11) is 0. The second-order valence-corrected chi connectivity index (χ2v) is 9.67. The average Bonchev–Trinajstić information content (AvgIpc) is 2.83. The van der Waals surface area contributed by atoms with Gasteiger partial charge in [-0.05, 0) is 56.4 Å². The smallest absolute Gasteiger partial charge is 0.332 e. The van der Waals surface area contributed by atoms with Crippen molar-refractivity contribution in [1.29, 1.82) is 0 Å². The van der Waals surface area contributed by atoms with Crippen LogP contribution in [-0.4, -0.2) is 66.6 Å². The number of hydrogen-bond donors (Lipinski definition) is 1. The lowest BCUT2D eigenvalue weighted by Gasteiger charge is -2.44. The minimum Gasteiger partial charge on any atom is -0.479 e. The number of morpholine rings is 1. The van der Waals surface area contributed by atoms with Crippen molar-refractivity contribution in [2.45, 2.75) is 88.7 Å². The zero-order chi connectivity index (χ0) is 22.2. The van der Waals surface area contributed by atoms with Gasteiger partial charge in [-0.1, -0.05) is 43.2 Å². The van der Waals surface area contributed by atoms with Gasteiger partial charge < -0.3 is 19.3 Å².